The Morgan fingerprint density at radius 2 is 1.87 bits per heavy atom. The van der Waals surface area contributed by atoms with Crippen LogP contribution in [0.1, 0.15) is 18.4 Å². The summed E-state index contributed by atoms with van der Waals surface area (Å²) >= 11 is 0. The van der Waals surface area contributed by atoms with Gasteiger partial charge in [0.15, 0.2) is 11.5 Å². The van der Waals surface area contributed by atoms with Crippen molar-refractivity contribution >= 4 is 10.0 Å². The number of hydrogen-bond acceptors (Lipinski definition) is 5. The lowest BCUT2D eigenvalue weighted by Crippen LogP contribution is -2.46. The molecule has 0 radical (unpaired) electrons. The molecule has 2 aliphatic heterocycles. The lowest BCUT2D eigenvalue weighted by molar-refractivity contribution is 0.247. The third-order valence-corrected chi connectivity index (χ3v) is 6.92. The van der Waals surface area contributed by atoms with E-state index in [-0.39, 0.29) is 0 Å². The average Bonchev–Trinajstić information content (AvgIpc) is 3.01. The molecular weight excluding hydrogens is 316 g/mol. The van der Waals surface area contributed by atoms with E-state index in [2.05, 4.69) is 5.32 Å². The van der Waals surface area contributed by atoms with E-state index in [1.165, 1.54) is 7.11 Å². The predicted molar refractivity (Wildman–Crippen MR) is 87.6 cm³/mol. The van der Waals surface area contributed by atoms with Crippen molar-refractivity contribution in [2.24, 2.45) is 5.92 Å². The summed E-state index contributed by atoms with van der Waals surface area (Å²) < 4.78 is 38.3. The molecule has 3 rings (SSSR count). The predicted octanol–water partition coefficient (Wildman–Crippen LogP) is 1.38. The van der Waals surface area contributed by atoms with E-state index in [0.29, 0.717) is 47.0 Å². The molecule has 0 spiro atoms. The van der Waals surface area contributed by atoms with Crippen molar-refractivity contribution in [1.29, 1.82) is 0 Å². The number of benzene rings is 1. The van der Waals surface area contributed by atoms with Gasteiger partial charge in [-0.1, -0.05) is 0 Å². The van der Waals surface area contributed by atoms with Crippen LogP contribution in [0.3, 0.4) is 0 Å². The van der Waals surface area contributed by atoms with Crippen molar-refractivity contribution in [3.8, 4) is 11.5 Å². The van der Waals surface area contributed by atoms with E-state index >= 15 is 0 Å². The number of sulfonamides is 1. The Balaban J connectivity index is 1.93. The van der Waals surface area contributed by atoms with Crippen LogP contribution in [0.4, 0.5) is 0 Å². The van der Waals surface area contributed by atoms with Gasteiger partial charge in [0.05, 0.1) is 19.1 Å². The van der Waals surface area contributed by atoms with E-state index in [9.17, 15) is 8.42 Å². The molecule has 2 aliphatic rings. The zero-order valence-corrected chi connectivity index (χ0v) is 14.6. The maximum Gasteiger partial charge on any atom is 0.243 e. The molecule has 1 aromatic carbocycles. The summed E-state index contributed by atoms with van der Waals surface area (Å²) in [6, 6.07) is 3.76. The molecule has 2 atom stereocenters. The molecule has 2 saturated heterocycles. The number of nitrogens with zero attached hydrogens (tertiary/aromatic N) is 1. The van der Waals surface area contributed by atoms with Crippen LogP contribution in [0.2, 0.25) is 0 Å². The van der Waals surface area contributed by atoms with Gasteiger partial charge in [-0.05, 0) is 43.9 Å². The van der Waals surface area contributed by atoms with Gasteiger partial charge in [-0.3, -0.25) is 0 Å². The van der Waals surface area contributed by atoms with Gasteiger partial charge in [0, 0.05) is 25.2 Å². The Morgan fingerprint density at radius 3 is 2.57 bits per heavy atom. The fraction of sp³-hybridized carbons (Fsp3) is 0.625. The Morgan fingerprint density at radius 1 is 1.17 bits per heavy atom. The first-order valence-corrected chi connectivity index (χ1v) is 9.37. The van der Waals surface area contributed by atoms with Gasteiger partial charge >= 0.3 is 0 Å². The van der Waals surface area contributed by atoms with Crippen LogP contribution in [0, 0.1) is 12.8 Å². The third kappa shape index (κ3) is 2.93. The molecular formula is C16H24N2O4S. The number of ether oxygens (including phenoxy) is 2. The number of rotatable bonds is 4. The molecule has 0 bridgehead atoms. The van der Waals surface area contributed by atoms with Crippen molar-refractivity contribution in [1.82, 2.24) is 9.62 Å². The minimum absolute atomic E-state index is 0.305. The van der Waals surface area contributed by atoms with Gasteiger partial charge in [0.25, 0.3) is 0 Å². The Kier molecular flexibility index (Phi) is 4.53. The first kappa shape index (κ1) is 16.5. The van der Waals surface area contributed by atoms with Crippen LogP contribution in [0.5, 0.6) is 11.5 Å². The Hall–Kier alpha value is -1.31. The lowest BCUT2D eigenvalue weighted by Gasteiger charge is -2.34. The van der Waals surface area contributed by atoms with E-state index in [0.717, 1.165) is 19.4 Å². The normalized spacial score (nSPS) is 25.2. The van der Waals surface area contributed by atoms with Crippen molar-refractivity contribution in [2.75, 3.05) is 33.9 Å². The van der Waals surface area contributed by atoms with Gasteiger partial charge in [-0.15, -0.1) is 0 Å². The summed E-state index contributed by atoms with van der Waals surface area (Å²) in [4.78, 5) is 0.305. The number of methoxy groups -OCH3 is 2. The monoisotopic (exact) mass is 340 g/mol. The zero-order valence-electron chi connectivity index (χ0n) is 13.8. The number of hydrogen-bond donors (Lipinski definition) is 1. The van der Waals surface area contributed by atoms with Crippen molar-refractivity contribution in [3.05, 3.63) is 17.7 Å². The SMILES string of the molecule is COc1cc(C)c(S(=O)(=O)N2CCC3NCCC3C2)cc1OC. The average molecular weight is 340 g/mol. The maximum absolute atomic E-state index is 13.1. The van der Waals surface area contributed by atoms with Crippen LogP contribution in [-0.2, 0) is 10.0 Å². The molecule has 23 heavy (non-hydrogen) atoms. The van der Waals surface area contributed by atoms with Crippen molar-refractivity contribution in [3.63, 3.8) is 0 Å². The summed E-state index contributed by atoms with van der Waals surface area (Å²) in [7, 11) is -0.461. The molecule has 128 valence electrons. The lowest BCUT2D eigenvalue weighted by atomic mass is 9.95. The molecule has 1 N–H and O–H groups in total. The molecule has 6 nitrogen and oxygen atoms in total. The van der Waals surface area contributed by atoms with E-state index in [1.54, 1.807) is 30.5 Å². The molecule has 0 saturated carbocycles. The fourth-order valence-corrected chi connectivity index (χ4v) is 5.34. The van der Waals surface area contributed by atoms with Crippen molar-refractivity contribution < 1.29 is 17.9 Å². The number of nitrogens with one attached hydrogen (secondary N) is 1. The Labute approximate surface area is 137 Å². The zero-order chi connectivity index (χ0) is 16.6. The number of piperidine rings is 1. The molecule has 2 heterocycles. The molecule has 2 unspecified atom stereocenters. The highest BCUT2D eigenvalue weighted by Gasteiger charge is 2.38. The Bertz CT molecular complexity index is 690. The smallest absolute Gasteiger partial charge is 0.243 e. The van der Waals surface area contributed by atoms with Crippen LogP contribution in [0.25, 0.3) is 0 Å². The molecule has 7 heteroatoms. The van der Waals surface area contributed by atoms with E-state index < -0.39 is 10.0 Å². The van der Waals surface area contributed by atoms with Gasteiger partial charge in [-0.25, -0.2) is 8.42 Å². The van der Waals surface area contributed by atoms with Crippen LogP contribution < -0.4 is 14.8 Å². The highest BCUT2D eigenvalue weighted by atomic mass is 32.2. The number of fused-ring (bicyclic) bond motifs is 1. The largest absolute Gasteiger partial charge is 0.493 e. The molecule has 0 aromatic heterocycles. The minimum Gasteiger partial charge on any atom is -0.493 e. The summed E-state index contributed by atoms with van der Waals surface area (Å²) in [6.07, 6.45) is 1.91. The first-order valence-electron chi connectivity index (χ1n) is 7.93. The first-order chi connectivity index (χ1) is 11.0. The van der Waals surface area contributed by atoms with Crippen molar-refractivity contribution in [2.45, 2.75) is 30.7 Å². The van der Waals surface area contributed by atoms with Crippen LogP contribution in [0.15, 0.2) is 17.0 Å². The van der Waals surface area contributed by atoms with Crippen LogP contribution in [-0.4, -0.2) is 52.6 Å². The minimum atomic E-state index is -3.52. The molecule has 2 fully saturated rings. The second kappa shape index (κ2) is 6.30. The quantitative estimate of drug-likeness (QED) is 0.897. The summed E-state index contributed by atoms with van der Waals surface area (Å²) in [6.45, 7) is 3.93. The standard InChI is InChI=1S/C16H24N2O4S/c1-11-8-14(21-2)15(22-3)9-16(11)23(19,20)18-7-5-13-12(10-18)4-6-17-13/h8-9,12-13,17H,4-7,10H2,1-3H3. The summed E-state index contributed by atoms with van der Waals surface area (Å²) in [5.74, 6) is 1.40. The third-order valence-electron chi connectivity index (χ3n) is 4.92. The highest BCUT2D eigenvalue weighted by molar-refractivity contribution is 7.89. The van der Waals surface area contributed by atoms with E-state index in [4.69, 9.17) is 9.47 Å². The van der Waals surface area contributed by atoms with Gasteiger partial charge < -0.3 is 14.8 Å². The van der Waals surface area contributed by atoms with E-state index in [1.807, 2.05) is 0 Å². The highest BCUT2D eigenvalue weighted by Crippen LogP contribution is 2.35. The van der Waals surface area contributed by atoms with Gasteiger partial charge in [0.1, 0.15) is 0 Å². The van der Waals surface area contributed by atoms with Gasteiger partial charge in [0.2, 0.25) is 10.0 Å². The summed E-state index contributed by atoms with van der Waals surface area (Å²) in [5, 5.41) is 3.46. The van der Waals surface area contributed by atoms with Gasteiger partial charge in [-0.2, -0.15) is 4.31 Å². The molecule has 1 aromatic rings. The second-order valence-electron chi connectivity index (χ2n) is 6.23. The summed E-state index contributed by atoms with van der Waals surface area (Å²) in [5.41, 5.74) is 0.675. The van der Waals surface area contributed by atoms with Crippen LogP contribution >= 0.6 is 0 Å². The second-order valence-corrected chi connectivity index (χ2v) is 8.14. The fourth-order valence-electron chi connectivity index (χ4n) is 3.61. The number of aryl methyl sites for hydroxylation is 1. The maximum atomic E-state index is 13.1. The topological polar surface area (TPSA) is 67.9 Å². The molecule has 0 amide bonds. The molecule has 0 aliphatic carbocycles.